The summed E-state index contributed by atoms with van der Waals surface area (Å²) in [6.07, 6.45) is 0.987. The van der Waals surface area contributed by atoms with Crippen molar-refractivity contribution in [3.63, 3.8) is 0 Å². The lowest BCUT2D eigenvalue weighted by atomic mass is 10.2. The highest BCUT2D eigenvalue weighted by atomic mass is 35.5. The van der Waals surface area contributed by atoms with Crippen molar-refractivity contribution in [1.82, 2.24) is 5.32 Å². The number of nitrogens with one attached hydrogen (secondary N) is 1. The highest BCUT2D eigenvalue weighted by Crippen LogP contribution is 2.25. The lowest BCUT2D eigenvalue weighted by Crippen LogP contribution is -2.16. The zero-order valence-electron chi connectivity index (χ0n) is 10.6. The van der Waals surface area contributed by atoms with Gasteiger partial charge in [-0.3, -0.25) is 0 Å². The van der Waals surface area contributed by atoms with Gasteiger partial charge in [0.15, 0.2) is 0 Å². The Morgan fingerprint density at radius 1 is 1.21 bits per heavy atom. The molecule has 0 radical (unpaired) electrons. The molecule has 0 saturated heterocycles. The average molecular weight is 316 g/mol. The van der Waals surface area contributed by atoms with E-state index >= 15 is 0 Å². The van der Waals surface area contributed by atoms with Gasteiger partial charge in [0.05, 0.1) is 16.5 Å². The summed E-state index contributed by atoms with van der Waals surface area (Å²) in [5.41, 5.74) is 1.15. The number of hydrogen-bond acceptors (Lipinski definition) is 3. The Labute approximate surface area is 127 Å². The number of hydrogen-bond donors (Lipinski definition) is 1. The van der Waals surface area contributed by atoms with Crippen molar-refractivity contribution in [2.24, 2.45) is 0 Å². The molecule has 1 N–H and O–H groups in total. The minimum Gasteiger partial charge on any atom is -0.495 e. The molecular weight excluding hydrogens is 301 g/mol. The van der Waals surface area contributed by atoms with Gasteiger partial charge < -0.3 is 10.1 Å². The van der Waals surface area contributed by atoms with Crippen LogP contribution in [0.5, 0.6) is 5.75 Å². The Kier molecular flexibility index (Phi) is 5.52. The standard InChI is InChI=1S/C14H15Cl2NOS/c1-18-13-4-2-10(8-12(13)15)9-17-7-6-11-3-5-14(16)19-11/h2-5,8,17H,6-7,9H2,1H3. The minimum absolute atomic E-state index is 0.645. The zero-order valence-corrected chi connectivity index (χ0v) is 12.9. The van der Waals surface area contributed by atoms with Crippen LogP contribution in [0.3, 0.4) is 0 Å². The maximum absolute atomic E-state index is 6.08. The molecule has 0 atom stereocenters. The lowest BCUT2D eigenvalue weighted by Gasteiger charge is -2.07. The minimum atomic E-state index is 0.645. The predicted octanol–water partition coefficient (Wildman–Crippen LogP) is 4.40. The normalized spacial score (nSPS) is 10.7. The molecule has 19 heavy (non-hydrogen) atoms. The second-order valence-corrected chi connectivity index (χ2v) is 6.31. The molecule has 0 saturated carbocycles. The van der Waals surface area contributed by atoms with Gasteiger partial charge in [-0.1, -0.05) is 29.3 Å². The van der Waals surface area contributed by atoms with Crippen LogP contribution in [0, 0.1) is 0 Å². The van der Waals surface area contributed by atoms with E-state index in [0.717, 1.165) is 29.4 Å². The van der Waals surface area contributed by atoms with E-state index in [2.05, 4.69) is 11.4 Å². The van der Waals surface area contributed by atoms with Gasteiger partial charge in [-0.15, -0.1) is 11.3 Å². The summed E-state index contributed by atoms with van der Waals surface area (Å²) >= 11 is 13.6. The number of benzene rings is 1. The highest BCUT2D eigenvalue weighted by Gasteiger charge is 2.02. The van der Waals surface area contributed by atoms with Crippen LogP contribution < -0.4 is 10.1 Å². The average Bonchev–Trinajstić information content (AvgIpc) is 2.81. The van der Waals surface area contributed by atoms with Gasteiger partial charge in [0.1, 0.15) is 5.75 Å². The van der Waals surface area contributed by atoms with E-state index in [0.29, 0.717) is 10.8 Å². The third-order valence-electron chi connectivity index (χ3n) is 2.72. The smallest absolute Gasteiger partial charge is 0.137 e. The number of methoxy groups -OCH3 is 1. The molecule has 0 amide bonds. The third kappa shape index (κ3) is 4.39. The van der Waals surface area contributed by atoms with Gasteiger partial charge in [-0.2, -0.15) is 0 Å². The monoisotopic (exact) mass is 315 g/mol. The van der Waals surface area contributed by atoms with Crippen LogP contribution in [0.15, 0.2) is 30.3 Å². The largest absolute Gasteiger partial charge is 0.495 e. The van der Waals surface area contributed by atoms with Crippen LogP contribution >= 0.6 is 34.5 Å². The molecule has 2 aromatic rings. The van der Waals surface area contributed by atoms with E-state index in [1.807, 2.05) is 24.3 Å². The van der Waals surface area contributed by atoms with E-state index < -0.39 is 0 Å². The molecular formula is C14H15Cl2NOS. The Morgan fingerprint density at radius 3 is 2.68 bits per heavy atom. The molecule has 0 spiro atoms. The van der Waals surface area contributed by atoms with Gasteiger partial charge in [0, 0.05) is 18.0 Å². The molecule has 1 aromatic heterocycles. The third-order valence-corrected chi connectivity index (χ3v) is 4.31. The van der Waals surface area contributed by atoms with E-state index in [9.17, 15) is 0 Å². The lowest BCUT2D eigenvalue weighted by molar-refractivity contribution is 0.415. The van der Waals surface area contributed by atoms with Crippen molar-refractivity contribution in [3.05, 3.63) is 50.1 Å². The number of ether oxygens (including phenoxy) is 1. The van der Waals surface area contributed by atoms with E-state index in [-0.39, 0.29) is 0 Å². The molecule has 2 nitrogen and oxygen atoms in total. The van der Waals surface area contributed by atoms with Gasteiger partial charge >= 0.3 is 0 Å². The van der Waals surface area contributed by atoms with Crippen molar-refractivity contribution in [2.45, 2.75) is 13.0 Å². The highest BCUT2D eigenvalue weighted by molar-refractivity contribution is 7.16. The fourth-order valence-corrected chi connectivity index (χ4v) is 3.12. The summed E-state index contributed by atoms with van der Waals surface area (Å²) < 4.78 is 5.97. The molecule has 0 unspecified atom stereocenters. The Morgan fingerprint density at radius 2 is 2.05 bits per heavy atom. The SMILES string of the molecule is COc1ccc(CNCCc2ccc(Cl)s2)cc1Cl. The summed E-state index contributed by atoms with van der Waals surface area (Å²) in [7, 11) is 1.62. The Bertz CT molecular complexity index is 542. The molecule has 0 fully saturated rings. The first-order valence-electron chi connectivity index (χ1n) is 5.96. The van der Waals surface area contributed by atoms with E-state index in [1.54, 1.807) is 18.4 Å². The van der Waals surface area contributed by atoms with E-state index in [4.69, 9.17) is 27.9 Å². The molecule has 102 valence electrons. The maximum Gasteiger partial charge on any atom is 0.137 e. The molecule has 1 aromatic carbocycles. The van der Waals surface area contributed by atoms with Crippen LogP contribution in [-0.4, -0.2) is 13.7 Å². The van der Waals surface area contributed by atoms with Crippen molar-refractivity contribution in [1.29, 1.82) is 0 Å². The van der Waals surface area contributed by atoms with Crippen LogP contribution in [0.2, 0.25) is 9.36 Å². The van der Waals surface area contributed by atoms with Crippen LogP contribution in [0.1, 0.15) is 10.4 Å². The summed E-state index contributed by atoms with van der Waals surface area (Å²) in [5.74, 6) is 0.707. The molecule has 1 heterocycles. The molecule has 2 rings (SSSR count). The quantitative estimate of drug-likeness (QED) is 0.798. The van der Waals surface area contributed by atoms with Crippen LogP contribution in [-0.2, 0) is 13.0 Å². The summed E-state index contributed by atoms with van der Waals surface area (Å²) in [6, 6.07) is 9.83. The van der Waals surface area contributed by atoms with Gasteiger partial charge in [-0.25, -0.2) is 0 Å². The molecule has 0 aliphatic rings. The molecule has 0 aliphatic carbocycles. The second-order valence-electron chi connectivity index (χ2n) is 4.10. The zero-order chi connectivity index (χ0) is 13.7. The predicted molar refractivity (Wildman–Crippen MR) is 82.7 cm³/mol. The topological polar surface area (TPSA) is 21.3 Å². The van der Waals surface area contributed by atoms with Crippen molar-refractivity contribution in [2.75, 3.05) is 13.7 Å². The molecule has 0 aliphatic heterocycles. The number of thiophene rings is 1. The number of rotatable bonds is 6. The fourth-order valence-electron chi connectivity index (χ4n) is 1.75. The first kappa shape index (κ1) is 14.7. The van der Waals surface area contributed by atoms with Crippen molar-refractivity contribution in [3.8, 4) is 5.75 Å². The first-order valence-corrected chi connectivity index (χ1v) is 7.53. The van der Waals surface area contributed by atoms with Crippen molar-refractivity contribution < 1.29 is 4.74 Å². The van der Waals surface area contributed by atoms with Crippen LogP contribution in [0.4, 0.5) is 0 Å². The van der Waals surface area contributed by atoms with Gasteiger partial charge in [-0.05, 0) is 36.2 Å². The maximum atomic E-state index is 6.08. The Balaban J connectivity index is 1.78. The second kappa shape index (κ2) is 7.15. The molecule has 0 bridgehead atoms. The number of halogens is 2. The Hall–Kier alpha value is -0.740. The van der Waals surface area contributed by atoms with Crippen LogP contribution in [0.25, 0.3) is 0 Å². The van der Waals surface area contributed by atoms with Gasteiger partial charge in [0.2, 0.25) is 0 Å². The molecule has 5 heteroatoms. The van der Waals surface area contributed by atoms with Crippen molar-refractivity contribution >= 4 is 34.5 Å². The summed E-state index contributed by atoms with van der Waals surface area (Å²) in [4.78, 5) is 1.30. The summed E-state index contributed by atoms with van der Waals surface area (Å²) in [5, 5.41) is 4.03. The summed E-state index contributed by atoms with van der Waals surface area (Å²) in [6.45, 7) is 1.71. The fraction of sp³-hybridized carbons (Fsp3) is 0.286. The first-order chi connectivity index (χ1) is 9.19. The van der Waals surface area contributed by atoms with E-state index in [1.165, 1.54) is 4.88 Å². The van der Waals surface area contributed by atoms with Gasteiger partial charge in [0.25, 0.3) is 0 Å².